The molecule has 0 radical (unpaired) electrons. The predicted octanol–water partition coefficient (Wildman–Crippen LogP) is 8.75. The minimum Gasteiger partial charge on any atom is -0.399 e. The van der Waals surface area contributed by atoms with Gasteiger partial charge in [-0.25, -0.2) is 9.97 Å². The third-order valence-electron chi connectivity index (χ3n) is 9.07. The summed E-state index contributed by atoms with van der Waals surface area (Å²) >= 11 is 4.34. The Morgan fingerprint density at radius 3 is 1.52 bits per heavy atom. The third kappa shape index (κ3) is 10.4. The van der Waals surface area contributed by atoms with Crippen LogP contribution in [-0.2, 0) is 34.8 Å². The van der Waals surface area contributed by atoms with Crippen LogP contribution in [-0.4, -0.2) is 80.8 Å². The first-order chi connectivity index (χ1) is 29.0. The van der Waals surface area contributed by atoms with Crippen LogP contribution in [0.15, 0.2) is 62.0 Å². The maximum Gasteiger partial charge on any atom is 0.498 e. The van der Waals surface area contributed by atoms with Crippen LogP contribution in [0.4, 0.5) is 70.2 Å². The van der Waals surface area contributed by atoms with Crippen molar-refractivity contribution < 1.29 is 79.6 Å². The molecule has 0 saturated carbocycles. The van der Waals surface area contributed by atoms with E-state index in [1.165, 1.54) is 17.0 Å². The van der Waals surface area contributed by atoms with E-state index in [0.29, 0.717) is 17.1 Å². The van der Waals surface area contributed by atoms with Gasteiger partial charge in [-0.1, -0.05) is 0 Å². The molecule has 0 aliphatic carbocycles. The Hall–Kier alpha value is -4.56. The lowest BCUT2D eigenvalue weighted by Crippen LogP contribution is -2.41. The molecule has 0 spiro atoms. The van der Waals surface area contributed by atoms with Crippen molar-refractivity contribution in [1.29, 1.82) is 0 Å². The molecule has 350 valence electrons. The number of aromatic nitrogens is 8. The molecule has 0 bridgehead atoms. The number of hydrogen-bond donors (Lipinski definition) is 0. The summed E-state index contributed by atoms with van der Waals surface area (Å²) in [4.78, 5) is 30.3. The van der Waals surface area contributed by atoms with E-state index in [4.69, 9.17) is 9.31 Å². The quantitative estimate of drug-likeness (QED) is 0.120. The molecule has 0 aromatic carbocycles. The second-order valence-corrected chi connectivity index (χ2v) is 16.8. The highest BCUT2D eigenvalue weighted by molar-refractivity contribution is 9.10. The largest absolute Gasteiger partial charge is 0.498 e. The molecule has 7 heterocycles. The average Bonchev–Trinajstić information content (AvgIpc) is 3.97. The zero-order valence-electron chi connectivity index (χ0n) is 32.1. The number of halogens is 17. The summed E-state index contributed by atoms with van der Waals surface area (Å²) in [6.45, 7) is 3.66. The molecule has 6 aromatic heterocycles. The van der Waals surface area contributed by atoms with E-state index in [2.05, 4.69) is 36.1 Å². The van der Waals surface area contributed by atoms with Gasteiger partial charge in [-0.3, -0.25) is 27.8 Å². The third-order valence-corrected chi connectivity index (χ3v) is 11.3. The molecule has 64 heavy (non-hydrogen) atoms. The summed E-state index contributed by atoms with van der Waals surface area (Å²) in [7, 11) is -0.863. The highest BCUT2D eigenvalue weighted by Gasteiger charge is 2.59. The highest BCUT2D eigenvalue weighted by atomic mass is 79.9. The Labute approximate surface area is 362 Å². The van der Waals surface area contributed by atoms with Gasteiger partial charge in [0.1, 0.15) is 17.6 Å². The summed E-state index contributed by atoms with van der Waals surface area (Å²) < 4.78 is 216. The number of rotatable bonds is 6. The molecule has 12 nitrogen and oxygen atoms in total. The molecular formula is C32H24BBrF16N8O4S2. The van der Waals surface area contributed by atoms with Crippen LogP contribution in [0.5, 0.6) is 0 Å². The van der Waals surface area contributed by atoms with Crippen LogP contribution in [0, 0.1) is 0 Å². The van der Waals surface area contributed by atoms with Crippen LogP contribution in [0.1, 0.15) is 39.1 Å². The molecular weight excluding hydrogens is 1020 g/mol. The van der Waals surface area contributed by atoms with Gasteiger partial charge in [-0.05, 0) is 43.6 Å². The molecule has 1 aliphatic heterocycles. The van der Waals surface area contributed by atoms with Gasteiger partial charge in [0, 0.05) is 52.8 Å². The first kappa shape index (κ1) is 50.4. The predicted molar refractivity (Wildman–Crippen MR) is 198 cm³/mol. The fourth-order valence-corrected chi connectivity index (χ4v) is 7.04. The lowest BCUT2D eigenvalue weighted by molar-refractivity contribution is -0.287. The van der Waals surface area contributed by atoms with Gasteiger partial charge >= 0.3 is 43.7 Å². The minimum atomic E-state index is -5.87. The molecule has 0 N–H and O–H groups in total. The fraction of sp³-hybridized carbons (Fsp3) is 0.438. The Bertz CT molecular complexity index is 2740. The Morgan fingerprint density at radius 2 is 1.06 bits per heavy atom. The van der Waals surface area contributed by atoms with E-state index in [-0.39, 0.29) is 20.1 Å². The molecule has 6 aromatic rings. The Balaban J connectivity index is 0.000000188. The van der Waals surface area contributed by atoms with Crippen molar-refractivity contribution in [2.45, 2.75) is 88.5 Å². The molecule has 1 aliphatic rings. The van der Waals surface area contributed by atoms with Gasteiger partial charge in [0.2, 0.25) is 0 Å². The normalized spacial score (nSPS) is 15.9. The summed E-state index contributed by atoms with van der Waals surface area (Å²) in [5, 5.41) is 9.55. The fourth-order valence-electron chi connectivity index (χ4n) is 5.13. The molecule has 7 rings (SSSR count). The van der Waals surface area contributed by atoms with E-state index < -0.39 is 106 Å². The lowest BCUT2D eigenvalue weighted by Gasteiger charge is -2.32. The van der Waals surface area contributed by atoms with Gasteiger partial charge in [-0.15, -0.1) is 22.7 Å². The maximum atomic E-state index is 13.3. The molecule has 1 saturated heterocycles. The van der Waals surface area contributed by atoms with Crippen LogP contribution in [0.3, 0.4) is 0 Å². The Kier molecular flexibility index (Phi) is 13.4. The van der Waals surface area contributed by atoms with Crippen molar-refractivity contribution in [1.82, 2.24) is 38.3 Å². The number of alkyl halides is 16. The van der Waals surface area contributed by atoms with Gasteiger partial charge in [0.15, 0.2) is 21.3 Å². The summed E-state index contributed by atoms with van der Waals surface area (Å²) in [5.41, 5.74) is -7.27. The second kappa shape index (κ2) is 17.0. The van der Waals surface area contributed by atoms with Gasteiger partial charge in [0.05, 0.1) is 23.0 Å². The number of hydrogen-bond acceptors (Lipinski definition) is 10. The number of nitrogens with zero attached hydrogens (tertiary/aromatic N) is 8. The van der Waals surface area contributed by atoms with Crippen molar-refractivity contribution in [2.75, 3.05) is 0 Å². The number of fused-ring (bicyclic) bond motifs is 2. The van der Waals surface area contributed by atoms with Crippen molar-refractivity contribution in [3.05, 3.63) is 84.5 Å². The summed E-state index contributed by atoms with van der Waals surface area (Å²) in [6, 6.07) is 0. The average molecular weight is 1040 g/mol. The van der Waals surface area contributed by atoms with E-state index in [0.717, 1.165) is 50.1 Å². The van der Waals surface area contributed by atoms with Crippen molar-refractivity contribution in [3.63, 3.8) is 0 Å². The van der Waals surface area contributed by atoms with Crippen molar-refractivity contribution in [3.8, 4) is 11.1 Å². The second-order valence-electron chi connectivity index (χ2n) is 14.2. The first-order valence-electron chi connectivity index (χ1n) is 17.1. The SMILES string of the molecule is CC1(C)OB(c2cnn(CC(F)(F)C(F)(F)F)c2)OC1(C)C.O=c1c(-c2cnn(CC(F)(F)C(F)(F)F)c2)c(C(F)(F)F)nc2sccn12.O=c1c(Br)c(C(F)(F)F)nc2sccn12. The van der Waals surface area contributed by atoms with Gasteiger partial charge < -0.3 is 9.31 Å². The van der Waals surface area contributed by atoms with Crippen molar-refractivity contribution in [2.24, 2.45) is 0 Å². The maximum absolute atomic E-state index is 13.3. The zero-order valence-corrected chi connectivity index (χ0v) is 35.3. The smallest absolute Gasteiger partial charge is 0.399 e. The van der Waals surface area contributed by atoms with Crippen LogP contribution in [0.25, 0.3) is 21.0 Å². The van der Waals surface area contributed by atoms with Crippen LogP contribution in [0.2, 0.25) is 0 Å². The minimum absolute atomic E-state index is 0.0236. The highest BCUT2D eigenvalue weighted by Crippen LogP contribution is 2.40. The monoisotopic (exact) mass is 1040 g/mol. The summed E-state index contributed by atoms with van der Waals surface area (Å²) in [5.74, 6) is -10.0. The van der Waals surface area contributed by atoms with E-state index in [1.54, 1.807) is 27.7 Å². The molecule has 0 unspecified atom stereocenters. The van der Waals surface area contributed by atoms with Gasteiger partial charge in [0.25, 0.3) is 11.1 Å². The van der Waals surface area contributed by atoms with Crippen LogP contribution >= 0.6 is 38.6 Å². The molecule has 1 fully saturated rings. The Morgan fingerprint density at radius 1 is 0.641 bits per heavy atom. The zero-order chi connectivity index (χ0) is 48.4. The summed E-state index contributed by atoms with van der Waals surface area (Å²) in [6.07, 6.45) is -15.3. The van der Waals surface area contributed by atoms with Crippen LogP contribution < -0.4 is 16.6 Å². The molecule has 32 heteroatoms. The van der Waals surface area contributed by atoms with E-state index in [1.807, 2.05) is 0 Å². The van der Waals surface area contributed by atoms with Crippen molar-refractivity contribution >= 4 is 61.1 Å². The molecule has 0 amide bonds. The topological polar surface area (TPSA) is 123 Å². The van der Waals surface area contributed by atoms with Gasteiger partial charge in [-0.2, -0.15) is 80.4 Å². The van der Waals surface area contributed by atoms with E-state index >= 15 is 0 Å². The first-order valence-corrected chi connectivity index (χ1v) is 19.6. The van der Waals surface area contributed by atoms with E-state index in [9.17, 15) is 79.8 Å². The standard InChI is InChI=1S/C13H6F8N4OS.C12H16BF5N2O2.C7H2BrF3N2OS/c14-11(15,13(19,20)21)5-24-4-6(3-22-24)7-8(12(16,17)18)23-10-25(9(7)26)1-2-27-10;1-9(2)10(3,4)22-13(21-9)8-5-19-20(6-8)7-11(14,15)12(16,17)18;8-3-4(7(9,10)11)12-6-13(5(3)14)1-2-15-6/h1-4H,5H2;5-6H,7H2,1-4H3;1-2H. The molecule has 0 atom stereocenters. The number of thiazole rings is 2. The lowest BCUT2D eigenvalue weighted by atomic mass is 9.82.